The molecule has 1 aromatic heterocycles. The molecular weight excluding hydrogens is 375 g/mol. The third kappa shape index (κ3) is 3.09. The summed E-state index contributed by atoms with van der Waals surface area (Å²) in [5.41, 5.74) is 2.63. The normalized spacial score (nSPS) is 16.6. The summed E-state index contributed by atoms with van der Waals surface area (Å²) in [6, 6.07) is 8.07. The quantitative estimate of drug-likeness (QED) is 0.391. The first kappa shape index (κ1) is 14.9. The molecule has 3 rings (SSSR count). The number of hydrogen-bond donors (Lipinski definition) is 0. The summed E-state index contributed by atoms with van der Waals surface area (Å²) in [5.74, 6) is 0. The van der Waals surface area contributed by atoms with Crippen LogP contribution in [0.5, 0.6) is 0 Å². The van der Waals surface area contributed by atoms with E-state index < -0.39 is 0 Å². The fourth-order valence-electron chi connectivity index (χ4n) is 2.68. The number of halogens is 3. The number of hydrogen-bond acceptors (Lipinski definition) is 1. The highest BCUT2D eigenvalue weighted by Gasteiger charge is 2.19. The molecule has 0 radical (unpaired) electrons. The Balaban J connectivity index is 1.92. The highest BCUT2D eigenvalue weighted by atomic mass is 79.9. The second kappa shape index (κ2) is 6.39. The van der Waals surface area contributed by atoms with Gasteiger partial charge in [-0.3, -0.25) is 0 Å². The molecule has 0 spiro atoms. The van der Waals surface area contributed by atoms with E-state index in [1.54, 1.807) is 4.88 Å². The summed E-state index contributed by atoms with van der Waals surface area (Å²) in [6.45, 7) is 0. The second-order valence-corrected chi connectivity index (χ2v) is 8.11. The van der Waals surface area contributed by atoms with Gasteiger partial charge in [0, 0.05) is 19.8 Å². The van der Waals surface area contributed by atoms with Crippen LogP contribution in [-0.2, 0) is 12.8 Å². The first-order chi connectivity index (χ1) is 9.65. The fraction of sp³-hybridized carbons (Fsp3) is 0.375. The van der Waals surface area contributed by atoms with Crippen LogP contribution < -0.4 is 0 Å². The first-order valence-electron chi connectivity index (χ1n) is 6.85. The fourth-order valence-corrected chi connectivity index (χ4v) is 5.39. The van der Waals surface area contributed by atoms with Crippen LogP contribution in [-0.4, -0.2) is 0 Å². The second-order valence-electron chi connectivity index (χ2n) is 5.19. The van der Waals surface area contributed by atoms with Crippen LogP contribution in [0.3, 0.4) is 0 Å². The summed E-state index contributed by atoms with van der Waals surface area (Å²) < 4.78 is 0. The van der Waals surface area contributed by atoms with E-state index in [9.17, 15) is 0 Å². The first-order valence-corrected chi connectivity index (χ1v) is 9.34. The van der Waals surface area contributed by atoms with Crippen molar-refractivity contribution in [3.8, 4) is 0 Å². The molecule has 1 unspecified atom stereocenters. The van der Waals surface area contributed by atoms with Crippen molar-refractivity contribution in [1.82, 2.24) is 0 Å². The lowest BCUT2D eigenvalue weighted by Gasteiger charge is -2.10. The van der Waals surface area contributed by atoms with Crippen LogP contribution in [0.15, 0.2) is 24.3 Å². The summed E-state index contributed by atoms with van der Waals surface area (Å²) >= 11 is 18.0. The molecule has 0 saturated carbocycles. The average molecular weight is 390 g/mol. The lowest BCUT2D eigenvalue weighted by molar-refractivity contribution is 0.712. The Hall–Kier alpha value is -0.0200. The van der Waals surface area contributed by atoms with Gasteiger partial charge in [-0.1, -0.05) is 51.6 Å². The molecule has 0 fully saturated rings. The van der Waals surface area contributed by atoms with Crippen molar-refractivity contribution in [2.75, 3.05) is 0 Å². The molecule has 0 saturated heterocycles. The van der Waals surface area contributed by atoms with Gasteiger partial charge in [0.1, 0.15) is 0 Å². The summed E-state index contributed by atoms with van der Waals surface area (Å²) in [7, 11) is 0. The molecule has 1 aliphatic carbocycles. The molecule has 0 amide bonds. The van der Waals surface area contributed by atoms with Gasteiger partial charge >= 0.3 is 0 Å². The monoisotopic (exact) mass is 388 g/mol. The smallest absolute Gasteiger partial charge is 0.0752 e. The Labute approximate surface area is 142 Å². The molecule has 0 nitrogen and oxygen atoms in total. The highest BCUT2D eigenvalue weighted by Crippen LogP contribution is 2.41. The molecule has 1 aromatic carbocycles. The number of rotatable bonds is 2. The van der Waals surface area contributed by atoms with Gasteiger partial charge in [0.2, 0.25) is 0 Å². The average Bonchev–Trinajstić information content (AvgIpc) is 2.69. The lowest BCUT2D eigenvalue weighted by Crippen LogP contribution is -1.91. The zero-order valence-corrected chi connectivity index (χ0v) is 14.9. The Morgan fingerprint density at radius 3 is 2.65 bits per heavy atom. The topological polar surface area (TPSA) is 0 Å². The largest absolute Gasteiger partial charge is 0.144 e. The number of benzene rings is 1. The molecule has 20 heavy (non-hydrogen) atoms. The van der Waals surface area contributed by atoms with Crippen molar-refractivity contribution in [1.29, 1.82) is 0 Å². The lowest BCUT2D eigenvalue weighted by atomic mass is 10.1. The summed E-state index contributed by atoms with van der Waals surface area (Å²) in [6.07, 6.45) is 6.45. The molecule has 0 aliphatic heterocycles. The Morgan fingerprint density at radius 2 is 1.85 bits per heavy atom. The van der Waals surface area contributed by atoms with Gasteiger partial charge in [-0.15, -0.1) is 11.3 Å². The van der Waals surface area contributed by atoms with E-state index in [0.29, 0.717) is 5.02 Å². The molecule has 0 N–H and O–H groups in total. The molecule has 106 valence electrons. The minimum Gasteiger partial charge on any atom is -0.144 e. The molecular formula is C16H15BrCl2S. The summed E-state index contributed by atoms with van der Waals surface area (Å²) in [5, 5.41) is 1.41. The third-order valence-electron chi connectivity index (χ3n) is 3.75. The molecule has 1 atom stereocenters. The Kier molecular flexibility index (Phi) is 4.76. The number of fused-ring (bicyclic) bond motifs is 1. The van der Waals surface area contributed by atoms with Crippen molar-refractivity contribution in [2.24, 2.45) is 0 Å². The van der Waals surface area contributed by atoms with Crippen molar-refractivity contribution < 1.29 is 0 Å². The maximum Gasteiger partial charge on any atom is 0.0752 e. The van der Waals surface area contributed by atoms with Crippen LogP contribution in [0.25, 0.3) is 0 Å². The van der Waals surface area contributed by atoms with Gasteiger partial charge in [-0.2, -0.15) is 0 Å². The van der Waals surface area contributed by atoms with Gasteiger partial charge in [-0.05, 0) is 55.0 Å². The minimum absolute atomic E-state index is 0.157. The molecule has 4 heteroatoms. The maximum atomic E-state index is 6.32. The van der Waals surface area contributed by atoms with Crippen LogP contribution >= 0.6 is 50.5 Å². The predicted molar refractivity (Wildman–Crippen MR) is 92.8 cm³/mol. The van der Waals surface area contributed by atoms with Crippen LogP contribution in [0.2, 0.25) is 10.0 Å². The Bertz CT molecular complexity index is 597. The van der Waals surface area contributed by atoms with E-state index >= 15 is 0 Å². The molecule has 0 bridgehead atoms. The zero-order valence-electron chi connectivity index (χ0n) is 11.0. The van der Waals surface area contributed by atoms with E-state index in [1.165, 1.54) is 42.5 Å². The van der Waals surface area contributed by atoms with Gasteiger partial charge in [0.25, 0.3) is 0 Å². The van der Waals surface area contributed by atoms with E-state index in [4.69, 9.17) is 23.2 Å². The van der Waals surface area contributed by atoms with Crippen molar-refractivity contribution in [2.45, 2.75) is 36.9 Å². The van der Waals surface area contributed by atoms with Crippen LogP contribution in [0.1, 0.15) is 45.0 Å². The SMILES string of the molecule is Clc1ccc(C(Br)c2cc3c(s2)CCCCC3)c(Cl)c1. The predicted octanol–water partition coefficient (Wildman–Crippen LogP) is 6.81. The number of aryl methyl sites for hydroxylation is 2. The zero-order chi connectivity index (χ0) is 14.1. The molecule has 2 aromatic rings. The van der Waals surface area contributed by atoms with Crippen molar-refractivity contribution in [3.05, 3.63) is 55.2 Å². The Morgan fingerprint density at radius 1 is 1.05 bits per heavy atom. The van der Waals surface area contributed by atoms with Gasteiger partial charge in [-0.25, -0.2) is 0 Å². The summed E-state index contributed by atoms with van der Waals surface area (Å²) in [4.78, 5) is 3.07. The van der Waals surface area contributed by atoms with E-state index in [-0.39, 0.29) is 4.83 Å². The third-order valence-corrected chi connectivity index (χ3v) is 6.90. The van der Waals surface area contributed by atoms with Gasteiger partial charge in [0.15, 0.2) is 0 Å². The number of alkyl halides is 1. The highest BCUT2D eigenvalue weighted by molar-refractivity contribution is 9.09. The van der Waals surface area contributed by atoms with Crippen molar-refractivity contribution in [3.63, 3.8) is 0 Å². The van der Waals surface area contributed by atoms with Crippen LogP contribution in [0.4, 0.5) is 0 Å². The van der Waals surface area contributed by atoms with Gasteiger partial charge < -0.3 is 0 Å². The molecule has 1 aliphatic rings. The minimum atomic E-state index is 0.157. The standard InChI is InChI=1S/C16H15BrCl2S/c17-16(12-7-6-11(18)9-13(12)19)15-8-10-4-2-1-3-5-14(10)20-15/h6-9,16H,1-5H2. The van der Waals surface area contributed by atoms with E-state index in [2.05, 4.69) is 22.0 Å². The van der Waals surface area contributed by atoms with Crippen molar-refractivity contribution >= 4 is 50.5 Å². The van der Waals surface area contributed by atoms with E-state index in [1.807, 2.05) is 29.5 Å². The molecule has 1 heterocycles. The van der Waals surface area contributed by atoms with E-state index in [0.717, 1.165) is 10.6 Å². The van der Waals surface area contributed by atoms with Crippen LogP contribution in [0, 0.1) is 0 Å². The maximum absolute atomic E-state index is 6.32. The van der Waals surface area contributed by atoms with Gasteiger partial charge in [0.05, 0.1) is 4.83 Å². The number of thiophene rings is 1.